The first-order chi connectivity index (χ1) is 11.7. The molecule has 0 atom stereocenters. The third kappa shape index (κ3) is 5.96. The highest BCUT2D eigenvalue weighted by Gasteiger charge is 2.18. The molecule has 0 aromatic heterocycles. The van der Waals surface area contributed by atoms with Gasteiger partial charge in [-0.1, -0.05) is 24.3 Å². The van der Waals surface area contributed by atoms with Crippen molar-refractivity contribution in [3.8, 4) is 11.5 Å². The standard InChI is InChI=1S/C19H24N2O3.ClH/c1-23-16-8-3-6-14(12-16)19(21-18(22)10-5-11-20)15-7-4-9-17(13-15)24-2;/h3-4,6-9,12-13,19H,5,10-11,20H2,1-2H3,(H,21,22);1H. The summed E-state index contributed by atoms with van der Waals surface area (Å²) in [6, 6.07) is 15.1. The van der Waals surface area contributed by atoms with Gasteiger partial charge in [-0.25, -0.2) is 0 Å². The zero-order valence-corrected chi connectivity index (χ0v) is 15.3. The van der Waals surface area contributed by atoms with Crippen LogP contribution in [0.2, 0.25) is 0 Å². The normalized spacial score (nSPS) is 10.1. The molecule has 0 bridgehead atoms. The third-order valence-electron chi connectivity index (χ3n) is 3.77. The molecule has 2 aromatic carbocycles. The van der Waals surface area contributed by atoms with Crippen LogP contribution in [0.5, 0.6) is 11.5 Å². The molecule has 6 heteroatoms. The Labute approximate surface area is 154 Å². The average molecular weight is 365 g/mol. The summed E-state index contributed by atoms with van der Waals surface area (Å²) in [5.41, 5.74) is 7.39. The minimum atomic E-state index is -0.277. The first-order valence-corrected chi connectivity index (χ1v) is 7.95. The lowest BCUT2D eigenvalue weighted by Gasteiger charge is -2.21. The van der Waals surface area contributed by atoms with Crippen molar-refractivity contribution in [2.75, 3.05) is 20.8 Å². The van der Waals surface area contributed by atoms with E-state index >= 15 is 0 Å². The average Bonchev–Trinajstić information content (AvgIpc) is 2.64. The Hall–Kier alpha value is -2.24. The van der Waals surface area contributed by atoms with Crippen LogP contribution in [0, 0.1) is 0 Å². The second kappa shape index (κ2) is 10.6. The molecule has 0 aliphatic heterocycles. The van der Waals surface area contributed by atoms with Gasteiger partial charge >= 0.3 is 0 Å². The Morgan fingerprint density at radius 1 is 1.04 bits per heavy atom. The minimum Gasteiger partial charge on any atom is -0.497 e. The van der Waals surface area contributed by atoms with Crippen molar-refractivity contribution in [2.24, 2.45) is 5.73 Å². The fourth-order valence-electron chi connectivity index (χ4n) is 2.50. The second-order valence-corrected chi connectivity index (χ2v) is 5.45. The number of halogens is 1. The number of rotatable bonds is 8. The number of nitrogens with two attached hydrogens (primary N) is 1. The zero-order valence-electron chi connectivity index (χ0n) is 14.5. The summed E-state index contributed by atoms with van der Waals surface area (Å²) in [6.45, 7) is 0.496. The molecule has 0 spiro atoms. The van der Waals surface area contributed by atoms with Gasteiger partial charge in [0.15, 0.2) is 0 Å². The number of ether oxygens (including phenoxy) is 2. The highest BCUT2D eigenvalue weighted by Crippen LogP contribution is 2.27. The molecule has 0 unspecified atom stereocenters. The fourth-order valence-corrected chi connectivity index (χ4v) is 2.50. The molecule has 0 saturated heterocycles. The largest absolute Gasteiger partial charge is 0.497 e. The monoisotopic (exact) mass is 364 g/mol. The van der Waals surface area contributed by atoms with Crippen LogP contribution in [0.1, 0.15) is 30.0 Å². The Morgan fingerprint density at radius 3 is 2.00 bits per heavy atom. The van der Waals surface area contributed by atoms with Crippen molar-refractivity contribution in [2.45, 2.75) is 18.9 Å². The van der Waals surface area contributed by atoms with E-state index in [2.05, 4.69) is 5.32 Å². The van der Waals surface area contributed by atoms with Gasteiger partial charge in [-0.15, -0.1) is 12.4 Å². The number of nitrogens with one attached hydrogen (secondary N) is 1. The van der Waals surface area contributed by atoms with Gasteiger partial charge in [0.1, 0.15) is 11.5 Å². The van der Waals surface area contributed by atoms with Gasteiger partial charge in [0.2, 0.25) is 5.91 Å². The van der Waals surface area contributed by atoms with Gasteiger partial charge in [0.25, 0.3) is 0 Å². The maximum absolute atomic E-state index is 12.2. The second-order valence-electron chi connectivity index (χ2n) is 5.45. The molecule has 0 aliphatic rings. The number of methoxy groups -OCH3 is 2. The highest BCUT2D eigenvalue weighted by molar-refractivity contribution is 5.85. The van der Waals surface area contributed by atoms with Gasteiger partial charge < -0.3 is 20.5 Å². The van der Waals surface area contributed by atoms with E-state index in [0.717, 1.165) is 22.6 Å². The first kappa shape index (κ1) is 20.8. The smallest absolute Gasteiger partial charge is 0.220 e. The van der Waals surface area contributed by atoms with E-state index < -0.39 is 0 Å². The first-order valence-electron chi connectivity index (χ1n) is 7.95. The van der Waals surface area contributed by atoms with Crippen LogP contribution in [0.4, 0.5) is 0 Å². The Bertz CT molecular complexity index is 632. The number of amides is 1. The van der Waals surface area contributed by atoms with Gasteiger partial charge in [0, 0.05) is 6.42 Å². The van der Waals surface area contributed by atoms with Crippen molar-refractivity contribution in [3.63, 3.8) is 0 Å². The molecular formula is C19H25ClN2O3. The number of hydrogen-bond acceptors (Lipinski definition) is 4. The molecular weight excluding hydrogens is 340 g/mol. The molecule has 2 rings (SSSR count). The predicted molar refractivity (Wildman–Crippen MR) is 102 cm³/mol. The Kier molecular flexibility index (Phi) is 8.81. The van der Waals surface area contributed by atoms with Gasteiger partial charge in [0.05, 0.1) is 20.3 Å². The molecule has 3 N–H and O–H groups in total. The van der Waals surface area contributed by atoms with Gasteiger partial charge in [-0.2, -0.15) is 0 Å². The summed E-state index contributed by atoms with van der Waals surface area (Å²) in [7, 11) is 3.25. The SMILES string of the molecule is COc1cccc(C(NC(=O)CCCN)c2cccc(OC)c2)c1.Cl. The topological polar surface area (TPSA) is 73.6 Å². The molecule has 0 fully saturated rings. The molecule has 0 heterocycles. The molecule has 1 amide bonds. The van der Waals surface area contributed by atoms with E-state index in [1.165, 1.54) is 0 Å². The number of carbonyl (C=O) groups excluding carboxylic acids is 1. The van der Waals surface area contributed by atoms with E-state index in [4.69, 9.17) is 15.2 Å². The summed E-state index contributed by atoms with van der Waals surface area (Å²) in [5.74, 6) is 1.46. The maximum Gasteiger partial charge on any atom is 0.220 e. The zero-order chi connectivity index (χ0) is 17.4. The van der Waals surface area contributed by atoms with Crippen LogP contribution < -0.4 is 20.5 Å². The summed E-state index contributed by atoms with van der Waals surface area (Å²) in [5, 5.41) is 3.08. The van der Waals surface area contributed by atoms with Crippen molar-refractivity contribution in [3.05, 3.63) is 59.7 Å². The Morgan fingerprint density at radius 2 is 1.56 bits per heavy atom. The third-order valence-corrected chi connectivity index (χ3v) is 3.77. The predicted octanol–water partition coefficient (Wildman–Crippen LogP) is 3.07. The molecule has 25 heavy (non-hydrogen) atoms. The van der Waals surface area contributed by atoms with Crippen molar-refractivity contribution in [1.29, 1.82) is 0 Å². The van der Waals surface area contributed by atoms with Crippen LogP contribution in [0.3, 0.4) is 0 Å². The lowest BCUT2D eigenvalue weighted by atomic mass is 9.98. The van der Waals surface area contributed by atoms with Crippen molar-refractivity contribution >= 4 is 18.3 Å². The number of benzene rings is 2. The lowest BCUT2D eigenvalue weighted by molar-refractivity contribution is -0.121. The van der Waals surface area contributed by atoms with E-state index in [-0.39, 0.29) is 24.4 Å². The highest BCUT2D eigenvalue weighted by atomic mass is 35.5. The maximum atomic E-state index is 12.2. The molecule has 136 valence electrons. The van der Waals surface area contributed by atoms with Crippen LogP contribution in [0.25, 0.3) is 0 Å². The molecule has 0 aliphatic carbocycles. The minimum absolute atomic E-state index is 0. The van der Waals surface area contributed by atoms with E-state index in [0.29, 0.717) is 19.4 Å². The Balaban J connectivity index is 0.00000312. The van der Waals surface area contributed by atoms with Crippen LogP contribution in [-0.4, -0.2) is 26.7 Å². The number of hydrogen-bond donors (Lipinski definition) is 2. The number of carbonyl (C=O) groups is 1. The summed E-state index contributed by atoms with van der Waals surface area (Å²) in [6.07, 6.45) is 1.07. The summed E-state index contributed by atoms with van der Waals surface area (Å²) < 4.78 is 10.6. The lowest BCUT2D eigenvalue weighted by Crippen LogP contribution is -2.29. The molecule has 2 aromatic rings. The molecule has 5 nitrogen and oxygen atoms in total. The van der Waals surface area contributed by atoms with Crippen molar-refractivity contribution in [1.82, 2.24) is 5.32 Å². The summed E-state index contributed by atoms with van der Waals surface area (Å²) in [4.78, 5) is 12.2. The quantitative estimate of drug-likeness (QED) is 0.755. The molecule has 0 saturated carbocycles. The van der Waals surface area contributed by atoms with E-state index in [1.54, 1.807) is 14.2 Å². The van der Waals surface area contributed by atoms with Gasteiger partial charge in [-0.05, 0) is 48.4 Å². The van der Waals surface area contributed by atoms with Gasteiger partial charge in [-0.3, -0.25) is 4.79 Å². The summed E-state index contributed by atoms with van der Waals surface area (Å²) >= 11 is 0. The van der Waals surface area contributed by atoms with E-state index in [9.17, 15) is 4.79 Å². The fraction of sp³-hybridized carbons (Fsp3) is 0.316. The van der Waals surface area contributed by atoms with Crippen LogP contribution >= 0.6 is 12.4 Å². The van der Waals surface area contributed by atoms with Crippen molar-refractivity contribution < 1.29 is 14.3 Å². The van der Waals surface area contributed by atoms with Crippen LogP contribution in [-0.2, 0) is 4.79 Å². The molecule has 0 radical (unpaired) electrons. The van der Waals surface area contributed by atoms with Crippen LogP contribution in [0.15, 0.2) is 48.5 Å². The van der Waals surface area contributed by atoms with E-state index in [1.807, 2.05) is 48.5 Å².